The van der Waals surface area contributed by atoms with Crippen LogP contribution in [0.4, 0.5) is 4.39 Å². The van der Waals surface area contributed by atoms with Gasteiger partial charge in [0.2, 0.25) is 0 Å². The normalized spacial score (nSPS) is 11.4. The van der Waals surface area contributed by atoms with Gasteiger partial charge in [0.15, 0.2) is 11.5 Å². The van der Waals surface area contributed by atoms with Gasteiger partial charge in [-0.1, -0.05) is 30.3 Å². The zero-order valence-corrected chi connectivity index (χ0v) is 21.3. The van der Waals surface area contributed by atoms with Crippen molar-refractivity contribution in [1.82, 2.24) is 40.4 Å². The number of nitrogens with one attached hydrogen (secondary N) is 3. The van der Waals surface area contributed by atoms with Crippen LogP contribution in [0.15, 0.2) is 97.5 Å². The van der Waals surface area contributed by atoms with Gasteiger partial charge in [-0.3, -0.25) is 15.1 Å². The lowest BCUT2D eigenvalue weighted by Crippen LogP contribution is -2.12. The fourth-order valence-corrected chi connectivity index (χ4v) is 4.76. The molecule has 194 valence electrons. The van der Waals surface area contributed by atoms with Crippen molar-refractivity contribution < 1.29 is 4.39 Å². The highest BCUT2D eigenvalue weighted by Crippen LogP contribution is 2.31. The number of benzene rings is 2. The number of hydrogen-bond donors (Lipinski definition) is 3. The second kappa shape index (κ2) is 10.1. The minimum absolute atomic E-state index is 0.298. The summed E-state index contributed by atoms with van der Waals surface area (Å²) in [6.07, 6.45) is 5.39. The van der Waals surface area contributed by atoms with Crippen LogP contribution in [0.2, 0.25) is 0 Å². The zero-order valence-electron chi connectivity index (χ0n) is 21.3. The van der Waals surface area contributed by atoms with Crippen LogP contribution in [-0.4, -0.2) is 35.1 Å². The number of nitrogens with zero attached hydrogens (tertiary/aromatic N) is 5. The van der Waals surface area contributed by atoms with Crippen LogP contribution in [0.5, 0.6) is 0 Å². The van der Waals surface area contributed by atoms with Gasteiger partial charge < -0.3 is 10.3 Å². The minimum Gasteiger partial charge on any atom is -0.336 e. The van der Waals surface area contributed by atoms with E-state index < -0.39 is 0 Å². The number of fused-ring (bicyclic) bond motifs is 2. The van der Waals surface area contributed by atoms with Gasteiger partial charge in [-0.25, -0.2) is 14.4 Å². The van der Waals surface area contributed by atoms with Crippen LogP contribution >= 0.6 is 0 Å². The Morgan fingerprint density at radius 1 is 0.725 bits per heavy atom. The minimum atomic E-state index is -0.298. The number of imidazole rings is 1. The first-order chi connectivity index (χ1) is 19.7. The summed E-state index contributed by atoms with van der Waals surface area (Å²) < 4.78 is 13.5. The van der Waals surface area contributed by atoms with Gasteiger partial charge >= 0.3 is 0 Å². The molecule has 3 N–H and O–H groups in total. The molecule has 0 aliphatic heterocycles. The Kier molecular flexibility index (Phi) is 6.02. The Morgan fingerprint density at radius 2 is 1.55 bits per heavy atom. The van der Waals surface area contributed by atoms with E-state index in [1.807, 2.05) is 48.8 Å². The second-order valence-corrected chi connectivity index (χ2v) is 9.48. The highest BCUT2D eigenvalue weighted by molar-refractivity contribution is 5.95. The summed E-state index contributed by atoms with van der Waals surface area (Å²) in [6, 6.07) is 24.4. The first kappa shape index (κ1) is 23.8. The maximum Gasteiger partial charge on any atom is 0.161 e. The largest absolute Gasteiger partial charge is 0.336 e. The van der Waals surface area contributed by atoms with Crippen molar-refractivity contribution >= 4 is 22.1 Å². The van der Waals surface area contributed by atoms with Gasteiger partial charge in [0, 0.05) is 42.8 Å². The summed E-state index contributed by atoms with van der Waals surface area (Å²) in [6.45, 7) is 1.47. The molecule has 9 heteroatoms. The molecule has 0 unspecified atom stereocenters. The highest BCUT2D eigenvalue weighted by atomic mass is 19.1. The Hall–Kier alpha value is -5.28. The molecule has 0 fully saturated rings. The number of aromatic nitrogens is 7. The molecular formula is C31H23FN8. The van der Waals surface area contributed by atoms with E-state index in [1.165, 1.54) is 17.7 Å². The molecule has 7 aromatic rings. The molecule has 0 bridgehead atoms. The van der Waals surface area contributed by atoms with Gasteiger partial charge in [0.05, 0.1) is 22.4 Å². The zero-order chi connectivity index (χ0) is 26.9. The summed E-state index contributed by atoms with van der Waals surface area (Å²) in [4.78, 5) is 22.1. The highest BCUT2D eigenvalue weighted by Gasteiger charge is 2.17. The monoisotopic (exact) mass is 526 g/mol. The summed E-state index contributed by atoms with van der Waals surface area (Å²) in [5.74, 6) is 0.270. The maximum atomic E-state index is 13.5. The third kappa shape index (κ3) is 4.59. The number of rotatable bonds is 7. The van der Waals surface area contributed by atoms with Gasteiger partial charge in [0.1, 0.15) is 16.9 Å². The van der Waals surface area contributed by atoms with Gasteiger partial charge in [-0.05, 0) is 59.7 Å². The molecule has 2 aromatic carbocycles. The Balaban J connectivity index is 1.20. The average molecular weight is 527 g/mol. The molecule has 0 spiro atoms. The lowest BCUT2D eigenvalue weighted by atomic mass is 10.1. The first-order valence-corrected chi connectivity index (χ1v) is 12.9. The molecule has 0 saturated heterocycles. The van der Waals surface area contributed by atoms with E-state index in [9.17, 15) is 4.39 Å². The fraction of sp³-hybridized carbons (Fsp3) is 0.0645. The van der Waals surface area contributed by atoms with Crippen molar-refractivity contribution in [3.05, 3.63) is 114 Å². The summed E-state index contributed by atoms with van der Waals surface area (Å²) >= 11 is 0. The molecule has 0 aliphatic rings. The van der Waals surface area contributed by atoms with Crippen LogP contribution in [0.3, 0.4) is 0 Å². The number of halogens is 1. The van der Waals surface area contributed by atoms with Crippen LogP contribution in [0.25, 0.3) is 56.1 Å². The van der Waals surface area contributed by atoms with Crippen LogP contribution in [0, 0.1) is 5.82 Å². The standard InChI is InChI=1S/C31H23FN8/c32-23-8-6-21(7-9-23)27-28-25(12-13-35-27)37-31(38-28)30-29-26(39-40-30)11-10-24(36-29)22-14-20(17-34-18-22)16-33-15-19-4-2-1-3-5-19/h1-14,17-18,33H,15-16H2,(H,37,38)(H,39,40). The summed E-state index contributed by atoms with van der Waals surface area (Å²) in [5.41, 5.74) is 9.03. The molecule has 5 heterocycles. The van der Waals surface area contributed by atoms with Crippen LogP contribution in [-0.2, 0) is 13.1 Å². The molecule has 0 radical (unpaired) electrons. The topological polar surface area (TPSA) is 108 Å². The molecule has 8 nitrogen and oxygen atoms in total. The van der Waals surface area contributed by atoms with Crippen LogP contribution in [0.1, 0.15) is 11.1 Å². The van der Waals surface area contributed by atoms with Gasteiger partial charge in [-0.15, -0.1) is 0 Å². The van der Waals surface area contributed by atoms with E-state index in [0.29, 0.717) is 34.8 Å². The van der Waals surface area contributed by atoms with E-state index in [4.69, 9.17) is 9.97 Å². The Bertz CT molecular complexity index is 1940. The Labute approximate surface area is 228 Å². The second-order valence-electron chi connectivity index (χ2n) is 9.48. The predicted octanol–water partition coefficient (Wildman–Crippen LogP) is 6.05. The molecule has 0 amide bonds. The molecule has 0 aliphatic carbocycles. The van der Waals surface area contributed by atoms with Crippen molar-refractivity contribution in [2.24, 2.45) is 0 Å². The molecule has 0 saturated carbocycles. The van der Waals surface area contributed by atoms with Gasteiger partial charge in [-0.2, -0.15) is 5.10 Å². The quantitative estimate of drug-likeness (QED) is 0.233. The van der Waals surface area contributed by atoms with Crippen molar-refractivity contribution in [2.45, 2.75) is 13.1 Å². The third-order valence-electron chi connectivity index (χ3n) is 6.74. The molecule has 40 heavy (non-hydrogen) atoms. The van der Waals surface area contributed by atoms with Crippen molar-refractivity contribution in [3.63, 3.8) is 0 Å². The van der Waals surface area contributed by atoms with Crippen molar-refractivity contribution in [3.8, 4) is 34.0 Å². The number of H-pyrrole nitrogens is 2. The lowest BCUT2D eigenvalue weighted by Gasteiger charge is -2.07. The summed E-state index contributed by atoms with van der Waals surface area (Å²) in [5, 5.41) is 11.1. The van der Waals surface area contributed by atoms with Gasteiger partial charge in [0.25, 0.3) is 0 Å². The molecule has 5 aromatic heterocycles. The molecule has 0 atom stereocenters. The van der Waals surface area contributed by atoms with E-state index in [-0.39, 0.29) is 5.82 Å². The number of hydrogen-bond acceptors (Lipinski definition) is 6. The maximum absolute atomic E-state index is 13.5. The SMILES string of the molecule is Fc1ccc(-c2nccc3[nH]c(-c4n[nH]c5ccc(-c6cncc(CNCc7ccccc7)c6)nc45)nc23)cc1. The number of pyridine rings is 3. The van der Waals surface area contributed by atoms with Crippen LogP contribution < -0.4 is 5.32 Å². The van der Waals surface area contributed by atoms with Crippen molar-refractivity contribution in [1.29, 1.82) is 0 Å². The third-order valence-corrected chi connectivity index (χ3v) is 6.74. The van der Waals surface area contributed by atoms with E-state index in [2.05, 4.69) is 48.7 Å². The first-order valence-electron chi connectivity index (χ1n) is 12.9. The fourth-order valence-electron chi connectivity index (χ4n) is 4.76. The smallest absolute Gasteiger partial charge is 0.161 e. The summed E-state index contributed by atoms with van der Waals surface area (Å²) in [7, 11) is 0. The lowest BCUT2D eigenvalue weighted by molar-refractivity contribution is 0.628. The van der Waals surface area contributed by atoms with E-state index >= 15 is 0 Å². The van der Waals surface area contributed by atoms with Crippen molar-refractivity contribution in [2.75, 3.05) is 0 Å². The van der Waals surface area contributed by atoms with E-state index in [0.717, 1.165) is 40.0 Å². The average Bonchev–Trinajstić information content (AvgIpc) is 3.62. The number of aromatic amines is 2. The van der Waals surface area contributed by atoms with E-state index in [1.54, 1.807) is 18.3 Å². The predicted molar refractivity (Wildman–Crippen MR) is 152 cm³/mol. The molecular weight excluding hydrogens is 503 g/mol. The Morgan fingerprint density at radius 3 is 2.42 bits per heavy atom. The molecule has 7 rings (SSSR count).